The fourth-order valence-corrected chi connectivity index (χ4v) is 3.87. The molecule has 1 atom stereocenters. The monoisotopic (exact) mass is 348 g/mol. The van der Waals surface area contributed by atoms with Gasteiger partial charge in [0, 0.05) is 49.4 Å². The summed E-state index contributed by atoms with van der Waals surface area (Å²) in [6.07, 6.45) is 3.34. The summed E-state index contributed by atoms with van der Waals surface area (Å²) in [6.45, 7) is 3.25. The number of hydrogen-bond donors (Lipinski definition) is 0. The molecule has 0 aliphatic carbocycles. The van der Waals surface area contributed by atoms with Crippen LogP contribution in [0.15, 0.2) is 27.2 Å². The molecule has 8 heteroatoms. The van der Waals surface area contributed by atoms with Crippen LogP contribution in [0.2, 0.25) is 0 Å². The maximum Gasteiger partial charge on any atom is 0.331 e. The number of amides is 1. The summed E-state index contributed by atoms with van der Waals surface area (Å²) < 4.78 is 2.28. The van der Waals surface area contributed by atoms with E-state index in [9.17, 15) is 14.4 Å². The molecule has 2 aromatic rings. The minimum Gasteiger partial charge on any atom is -0.340 e. The SMILES string of the molecule is Cc1csc([C@H]2CCCN(C(=O)Cn3ccc(=O)n(C)c3=O)C2)n1. The lowest BCUT2D eigenvalue weighted by atomic mass is 9.98. The van der Waals surface area contributed by atoms with Crippen molar-refractivity contribution in [2.45, 2.75) is 32.2 Å². The Morgan fingerprint density at radius 2 is 2.21 bits per heavy atom. The van der Waals surface area contributed by atoms with Crippen LogP contribution in [0, 0.1) is 6.92 Å². The third-order valence-electron chi connectivity index (χ3n) is 4.33. The Hall–Kier alpha value is -2.22. The first-order valence-electron chi connectivity index (χ1n) is 7.92. The highest BCUT2D eigenvalue weighted by atomic mass is 32.1. The van der Waals surface area contributed by atoms with E-state index in [-0.39, 0.29) is 23.9 Å². The second-order valence-electron chi connectivity index (χ2n) is 6.13. The van der Waals surface area contributed by atoms with Crippen LogP contribution in [0.3, 0.4) is 0 Å². The maximum atomic E-state index is 12.6. The molecule has 1 aliphatic rings. The van der Waals surface area contributed by atoms with Gasteiger partial charge in [-0.3, -0.25) is 18.7 Å². The van der Waals surface area contributed by atoms with Gasteiger partial charge in [-0.05, 0) is 19.8 Å². The van der Waals surface area contributed by atoms with E-state index in [1.165, 1.54) is 23.9 Å². The fraction of sp³-hybridized carbons (Fsp3) is 0.500. The molecule has 1 aliphatic heterocycles. The summed E-state index contributed by atoms with van der Waals surface area (Å²) in [7, 11) is 1.41. The molecule has 1 saturated heterocycles. The smallest absolute Gasteiger partial charge is 0.331 e. The number of piperidine rings is 1. The lowest BCUT2D eigenvalue weighted by Gasteiger charge is -2.32. The summed E-state index contributed by atoms with van der Waals surface area (Å²) in [5, 5.41) is 3.10. The van der Waals surface area contributed by atoms with E-state index in [2.05, 4.69) is 4.98 Å². The molecule has 0 saturated carbocycles. The predicted octanol–water partition coefficient (Wildman–Crippen LogP) is 0.718. The Bertz CT molecular complexity index is 867. The zero-order valence-electron chi connectivity index (χ0n) is 13.8. The highest BCUT2D eigenvalue weighted by Crippen LogP contribution is 2.29. The molecule has 128 valence electrons. The van der Waals surface area contributed by atoms with Crippen molar-refractivity contribution in [2.24, 2.45) is 7.05 Å². The number of carbonyl (C=O) groups is 1. The molecule has 1 fully saturated rings. The lowest BCUT2D eigenvalue weighted by molar-refractivity contribution is -0.133. The molecule has 0 N–H and O–H groups in total. The average Bonchev–Trinajstić information content (AvgIpc) is 3.02. The molecule has 1 amide bonds. The van der Waals surface area contributed by atoms with Gasteiger partial charge >= 0.3 is 5.69 Å². The summed E-state index contributed by atoms with van der Waals surface area (Å²) in [4.78, 5) is 42.4. The van der Waals surface area contributed by atoms with E-state index < -0.39 is 5.69 Å². The first-order valence-corrected chi connectivity index (χ1v) is 8.80. The summed E-state index contributed by atoms with van der Waals surface area (Å²) in [5.41, 5.74) is 0.163. The van der Waals surface area contributed by atoms with Gasteiger partial charge in [0.1, 0.15) is 6.54 Å². The second kappa shape index (κ2) is 6.72. The normalized spacial score (nSPS) is 17.9. The first-order chi connectivity index (χ1) is 11.5. The van der Waals surface area contributed by atoms with Gasteiger partial charge in [-0.2, -0.15) is 0 Å². The molecule has 0 spiro atoms. The number of carbonyl (C=O) groups excluding carboxylic acids is 1. The van der Waals surface area contributed by atoms with Crippen LogP contribution in [0.4, 0.5) is 0 Å². The van der Waals surface area contributed by atoms with Gasteiger partial charge in [-0.25, -0.2) is 9.78 Å². The van der Waals surface area contributed by atoms with Crippen LogP contribution in [0.5, 0.6) is 0 Å². The van der Waals surface area contributed by atoms with Crippen LogP contribution < -0.4 is 11.2 Å². The van der Waals surface area contributed by atoms with Crippen molar-refractivity contribution in [3.8, 4) is 0 Å². The van der Waals surface area contributed by atoms with Crippen molar-refractivity contribution in [1.82, 2.24) is 19.0 Å². The number of aromatic nitrogens is 3. The largest absolute Gasteiger partial charge is 0.340 e. The lowest BCUT2D eigenvalue weighted by Crippen LogP contribution is -2.44. The summed E-state index contributed by atoms with van der Waals surface area (Å²) in [5.74, 6) is 0.159. The van der Waals surface area contributed by atoms with Crippen LogP contribution in [0.1, 0.15) is 29.5 Å². The molecule has 3 heterocycles. The number of hydrogen-bond acceptors (Lipinski definition) is 5. The first kappa shape index (κ1) is 16.6. The van der Waals surface area contributed by atoms with Gasteiger partial charge in [0.05, 0.1) is 5.01 Å². The van der Waals surface area contributed by atoms with Crippen LogP contribution in [0.25, 0.3) is 0 Å². The number of thiazole rings is 1. The molecule has 3 rings (SSSR count). The van der Waals surface area contributed by atoms with E-state index >= 15 is 0 Å². The number of aryl methyl sites for hydroxylation is 1. The third-order valence-corrected chi connectivity index (χ3v) is 5.45. The molecule has 0 bridgehead atoms. The van der Waals surface area contributed by atoms with Crippen molar-refractivity contribution in [1.29, 1.82) is 0 Å². The van der Waals surface area contributed by atoms with E-state index in [0.717, 1.165) is 28.1 Å². The average molecular weight is 348 g/mol. The highest BCUT2D eigenvalue weighted by molar-refractivity contribution is 7.09. The Kier molecular flexibility index (Phi) is 4.66. The summed E-state index contributed by atoms with van der Waals surface area (Å²) >= 11 is 1.64. The second-order valence-corrected chi connectivity index (χ2v) is 7.02. The topological polar surface area (TPSA) is 77.2 Å². The zero-order valence-corrected chi connectivity index (χ0v) is 14.6. The van der Waals surface area contributed by atoms with E-state index in [0.29, 0.717) is 13.1 Å². The molecule has 0 aromatic carbocycles. The fourth-order valence-electron chi connectivity index (χ4n) is 2.95. The van der Waals surface area contributed by atoms with Crippen LogP contribution in [-0.4, -0.2) is 38.0 Å². The van der Waals surface area contributed by atoms with Gasteiger partial charge in [0.25, 0.3) is 5.56 Å². The van der Waals surface area contributed by atoms with Gasteiger partial charge in [-0.1, -0.05) is 0 Å². The molecule has 2 aromatic heterocycles. The molecule has 24 heavy (non-hydrogen) atoms. The van der Waals surface area contributed by atoms with Gasteiger partial charge in [0.2, 0.25) is 5.91 Å². The Balaban J connectivity index is 1.72. The highest BCUT2D eigenvalue weighted by Gasteiger charge is 2.26. The van der Waals surface area contributed by atoms with Crippen LogP contribution >= 0.6 is 11.3 Å². The quantitative estimate of drug-likeness (QED) is 0.819. The minimum atomic E-state index is -0.472. The van der Waals surface area contributed by atoms with Crippen molar-refractivity contribution in [3.63, 3.8) is 0 Å². The number of likely N-dealkylation sites (tertiary alicyclic amines) is 1. The molecular formula is C16H20N4O3S. The Morgan fingerprint density at radius 3 is 2.92 bits per heavy atom. The number of rotatable bonds is 3. The van der Waals surface area contributed by atoms with Crippen molar-refractivity contribution in [2.75, 3.05) is 13.1 Å². The third kappa shape index (κ3) is 3.33. The molecule has 0 unspecified atom stereocenters. The van der Waals surface area contributed by atoms with E-state index in [4.69, 9.17) is 0 Å². The van der Waals surface area contributed by atoms with Gasteiger partial charge in [-0.15, -0.1) is 11.3 Å². The van der Waals surface area contributed by atoms with E-state index in [1.807, 2.05) is 12.3 Å². The van der Waals surface area contributed by atoms with Gasteiger partial charge < -0.3 is 4.90 Å². The Labute approximate surface area is 143 Å². The van der Waals surface area contributed by atoms with Gasteiger partial charge in [0.15, 0.2) is 0 Å². The van der Waals surface area contributed by atoms with Crippen molar-refractivity contribution < 1.29 is 4.79 Å². The molecule has 7 nitrogen and oxygen atoms in total. The predicted molar refractivity (Wildman–Crippen MR) is 91.3 cm³/mol. The summed E-state index contributed by atoms with van der Waals surface area (Å²) in [6, 6.07) is 1.30. The molecule has 0 radical (unpaired) electrons. The molecular weight excluding hydrogens is 328 g/mol. The standard InChI is InChI=1S/C16H20N4O3S/c1-11-10-24-15(17-11)12-4-3-6-19(8-12)14(22)9-20-7-5-13(21)18(2)16(20)23/h5,7,10,12H,3-4,6,8-9H2,1-2H3/t12-/m0/s1. The van der Waals surface area contributed by atoms with E-state index in [1.54, 1.807) is 16.2 Å². The van der Waals surface area contributed by atoms with Crippen LogP contribution in [-0.2, 0) is 18.4 Å². The zero-order chi connectivity index (χ0) is 17.3. The Morgan fingerprint density at radius 1 is 1.42 bits per heavy atom. The van der Waals surface area contributed by atoms with Crippen molar-refractivity contribution >= 4 is 17.2 Å². The maximum absolute atomic E-state index is 12.6. The number of nitrogens with zero attached hydrogens (tertiary/aromatic N) is 4. The minimum absolute atomic E-state index is 0.0451. The van der Waals surface area contributed by atoms with Crippen molar-refractivity contribution in [3.05, 3.63) is 49.2 Å².